The number of carbonyl (C=O) groups is 2. The fourth-order valence-electron chi connectivity index (χ4n) is 2.85. The fourth-order valence-corrected chi connectivity index (χ4v) is 2.85. The molecule has 1 N–H and O–H groups in total. The zero-order valence-corrected chi connectivity index (χ0v) is 12.9. The summed E-state index contributed by atoms with van der Waals surface area (Å²) in [5, 5.41) is 2.64. The minimum Gasteiger partial charge on any atom is -0.357 e. The van der Waals surface area contributed by atoms with Crippen LogP contribution in [0, 0.1) is 0 Å². The van der Waals surface area contributed by atoms with E-state index in [1.807, 2.05) is 54.6 Å². The lowest BCUT2D eigenvalue weighted by Crippen LogP contribution is -2.46. The molecule has 4 nitrogen and oxygen atoms in total. The summed E-state index contributed by atoms with van der Waals surface area (Å²) in [6.45, 7) is 0. The topological polar surface area (TPSA) is 49.4 Å². The van der Waals surface area contributed by atoms with Gasteiger partial charge in [0.1, 0.15) is 6.04 Å². The van der Waals surface area contributed by atoms with Gasteiger partial charge in [-0.3, -0.25) is 14.5 Å². The number of anilines is 1. The molecule has 1 atom stereocenters. The lowest BCUT2D eigenvalue weighted by molar-refractivity contribution is -0.124. The van der Waals surface area contributed by atoms with Crippen molar-refractivity contribution < 1.29 is 9.59 Å². The highest BCUT2D eigenvalue weighted by atomic mass is 16.2. The van der Waals surface area contributed by atoms with Crippen LogP contribution in [0.3, 0.4) is 0 Å². The van der Waals surface area contributed by atoms with E-state index in [1.54, 1.807) is 18.0 Å². The second-order valence-electron chi connectivity index (χ2n) is 5.42. The van der Waals surface area contributed by atoms with Gasteiger partial charge in [-0.15, -0.1) is 0 Å². The first kappa shape index (κ1) is 15.0. The van der Waals surface area contributed by atoms with Crippen molar-refractivity contribution in [2.24, 2.45) is 0 Å². The van der Waals surface area contributed by atoms with Crippen LogP contribution in [-0.4, -0.2) is 24.9 Å². The van der Waals surface area contributed by atoms with E-state index in [0.29, 0.717) is 6.42 Å². The molecule has 1 aliphatic rings. The number of nitrogens with one attached hydrogen (secondary N) is 1. The maximum Gasteiger partial charge on any atom is 0.251 e. The zero-order chi connectivity index (χ0) is 16.2. The Bertz CT molecular complexity index is 753. The largest absolute Gasteiger partial charge is 0.357 e. The molecule has 1 heterocycles. The molecule has 3 rings (SSSR count). The maximum absolute atomic E-state index is 12.7. The third-order valence-electron chi connectivity index (χ3n) is 3.98. The molecule has 116 valence electrons. The summed E-state index contributed by atoms with van der Waals surface area (Å²) < 4.78 is 0. The number of amides is 2. The van der Waals surface area contributed by atoms with Crippen molar-refractivity contribution in [2.45, 2.75) is 12.5 Å². The van der Waals surface area contributed by atoms with Gasteiger partial charge in [0.15, 0.2) is 0 Å². The third kappa shape index (κ3) is 3.01. The predicted octanol–water partition coefficient (Wildman–Crippen LogP) is 2.40. The van der Waals surface area contributed by atoms with E-state index in [1.165, 1.54) is 6.08 Å². The number of benzene rings is 2. The van der Waals surface area contributed by atoms with Crippen LogP contribution >= 0.6 is 0 Å². The number of hydrogen-bond donors (Lipinski definition) is 1. The van der Waals surface area contributed by atoms with E-state index in [9.17, 15) is 9.59 Å². The molecule has 23 heavy (non-hydrogen) atoms. The van der Waals surface area contributed by atoms with E-state index < -0.39 is 6.04 Å². The van der Waals surface area contributed by atoms with Gasteiger partial charge >= 0.3 is 0 Å². The van der Waals surface area contributed by atoms with Crippen LogP contribution < -0.4 is 10.2 Å². The summed E-state index contributed by atoms with van der Waals surface area (Å²) >= 11 is 0. The Kier molecular flexibility index (Phi) is 4.24. The Morgan fingerprint density at radius 1 is 1.09 bits per heavy atom. The molecular formula is C19H18N2O2. The van der Waals surface area contributed by atoms with E-state index in [2.05, 4.69) is 5.32 Å². The van der Waals surface area contributed by atoms with E-state index >= 15 is 0 Å². The Labute approximate surface area is 135 Å². The molecule has 4 heteroatoms. The van der Waals surface area contributed by atoms with E-state index in [-0.39, 0.29) is 11.8 Å². The predicted molar refractivity (Wildman–Crippen MR) is 91.0 cm³/mol. The molecule has 0 aliphatic carbocycles. The van der Waals surface area contributed by atoms with Gasteiger partial charge in [0, 0.05) is 25.2 Å². The molecule has 0 saturated carbocycles. The highest BCUT2D eigenvalue weighted by Crippen LogP contribution is 2.32. The summed E-state index contributed by atoms with van der Waals surface area (Å²) in [6.07, 6.45) is 3.83. The van der Waals surface area contributed by atoms with Crippen LogP contribution in [0.5, 0.6) is 0 Å². The monoisotopic (exact) mass is 306 g/mol. The smallest absolute Gasteiger partial charge is 0.251 e. The molecule has 1 aliphatic heterocycles. The molecule has 0 radical (unpaired) electrons. The summed E-state index contributed by atoms with van der Waals surface area (Å²) in [7, 11) is 1.59. The van der Waals surface area contributed by atoms with Gasteiger partial charge in [0.2, 0.25) is 5.91 Å². The zero-order valence-electron chi connectivity index (χ0n) is 12.9. The highest BCUT2D eigenvalue weighted by molar-refractivity contribution is 6.09. The number of nitrogens with zero attached hydrogens (tertiary/aromatic N) is 1. The Balaban J connectivity index is 1.89. The first-order valence-electron chi connectivity index (χ1n) is 7.56. The van der Waals surface area contributed by atoms with Gasteiger partial charge in [-0.2, -0.15) is 0 Å². The third-order valence-corrected chi connectivity index (χ3v) is 3.98. The van der Waals surface area contributed by atoms with Crippen LogP contribution in [0.25, 0.3) is 6.08 Å². The standard InChI is InChI=1S/C19H18N2O2/c1-20-19(23)17-13-15-9-5-6-10-16(15)21(17)18(22)12-11-14-7-3-2-4-8-14/h2-12,17H,13H2,1H3,(H,20,23)/b12-11-. The summed E-state index contributed by atoms with van der Waals surface area (Å²) in [4.78, 5) is 26.4. The van der Waals surface area contributed by atoms with E-state index in [0.717, 1.165) is 16.8 Å². The number of hydrogen-bond acceptors (Lipinski definition) is 2. The lowest BCUT2D eigenvalue weighted by atomic mass is 10.1. The van der Waals surface area contributed by atoms with Gasteiger partial charge in [0.25, 0.3) is 5.91 Å². The second kappa shape index (κ2) is 6.48. The van der Waals surface area contributed by atoms with Crippen LogP contribution in [0.2, 0.25) is 0 Å². The molecule has 0 spiro atoms. The van der Waals surface area contributed by atoms with Crippen molar-refractivity contribution in [2.75, 3.05) is 11.9 Å². The van der Waals surface area contributed by atoms with Gasteiger partial charge in [0.05, 0.1) is 0 Å². The molecule has 2 aromatic rings. The van der Waals surface area contributed by atoms with Crippen LogP contribution in [0.1, 0.15) is 11.1 Å². The molecule has 0 saturated heterocycles. The maximum atomic E-state index is 12.7. The minimum absolute atomic E-state index is 0.150. The van der Waals surface area contributed by atoms with Gasteiger partial charge in [-0.25, -0.2) is 0 Å². The minimum atomic E-state index is -0.495. The van der Waals surface area contributed by atoms with Gasteiger partial charge in [-0.1, -0.05) is 48.5 Å². The van der Waals surface area contributed by atoms with Gasteiger partial charge < -0.3 is 5.32 Å². The average molecular weight is 306 g/mol. The quantitative estimate of drug-likeness (QED) is 0.885. The molecule has 0 bridgehead atoms. The van der Waals surface area contributed by atoms with Crippen LogP contribution in [-0.2, 0) is 16.0 Å². The van der Waals surface area contributed by atoms with Crippen molar-refractivity contribution in [1.29, 1.82) is 0 Å². The van der Waals surface area contributed by atoms with E-state index in [4.69, 9.17) is 0 Å². The SMILES string of the molecule is CNC(=O)C1Cc2ccccc2N1C(=O)/C=C\c1ccccc1. The fraction of sp³-hybridized carbons (Fsp3) is 0.158. The summed E-state index contributed by atoms with van der Waals surface area (Å²) in [6, 6.07) is 16.8. The molecule has 2 aromatic carbocycles. The molecule has 1 unspecified atom stereocenters. The van der Waals surface area contributed by atoms with Crippen molar-refractivity contribution in [1.82, 2.24) is 5.32 Å². The Hall–Kier alpha value is -2.88. The van der Waals surface area contributed by atoms with Crippen LogP contribution in [0.15, 0.2) is 60.7 Å². The first-order valence-corrected chi connectivity index (χ1v) is 7.56. The lowest BCUT2D eigenvalue weighted by Gasteiger charge is -2.23. The second-order valence-corrected chi connectivity index (χ2v) is 5.42. The number of carbonyl (C=O) groups excluding carboxylic acids is 2. The van der Waals surface area contributed by atoms with Crippen molar-refractivity contribution in [3.05, 3.63) is 71.8 Å². The van der Waals surface area contributed by atoms with Crippen LogP contribution in [0.4, 0.5) is 5.69 Å². The molecular weight excluding hydrogens is 288 g/mol. The number of para-hydroxylation sites is 1. The molecule has 0 aromatic heterocycles. The summed E-state index contributed by atoms with van der Waals surface area (Å²) in [5.41, 5.74) is 2.77. The Morgan fingerprint density at radius 2 is 1.78 bits per heavy atom. The molecule has 2 amide bonds. The average Bonchev–Trinajstić information content (AvgIpc) is 2.99. The highest BCUT2D eigenvalue weighted by Gasteiger charge is 2.36. The summed E-state index contributed by atoms with van der Waals surface area (Å²) in [5.74, 6) is -0.338. The van der Waals surface area contributed by atoms with Crippen molar-refractivity contribution in [3.8, 4) is 0 Å². The first-order chi connectivity index (χ1) is 11.2. The number of likely N-dealkylation sites (N-methyl/N-ethyl adjacent to an activating group) is 1. The number of fused-ring (bicyclic) bond motifs is 1. The van der Waals surface area contributed by atoms with Crippen molar-refractivity contribution in [3.63, 3.8) is 0 Å². The van der Waals surface area contributed by atoms with Crippen molar-refractivity contribution >= 4 is 23.6 Å². The van der Waals surface area contributed by atoms with Gasteiger partial charge in [-0.05, 0) is 23.3 Å². The molecule has 0 fully saturated rings. The Morgan fingerprint density at radius 3 is 2.52 bits per heavy atom. The normalized spacial score (nSPS) is 16.4. The number of rotatable bonds is 3.